The number of nitrogens with zero attached hydrogens (tertiary/aromatic N) is 2. The first-order valence-corrected chi connectivity index (χ1v) is 7.10. The van der Waals surface area contributed by atoms with Gasteiger partial charge in [0.25, 0.3) is 0 Å². The highest BCUT2D eigenvalue weighted by atomic mass is 16.3. The molecule has 1 aliphatic carbocycles. The summed E-state index contributed by atoms with van der Waals surface area (Å²) in [4.78, 5) is 8.61. The van der Waals surface area contributed by atoms with Crippen molar-refractivity contribution < 1.29 is 5.11 Å². The molecule has 0 bridgehead atoms. The third kappa shape index (κ3) is 3.56. The monoisotopic (exact) mass is 264 g/mol. The van der Waals surface area contributed by atoms with Crippen LogP contribution in [0.4, 0.5) is 11.8 Å². The summed E-state index contributed by atoms with van der Waals surface area (Å²) in [5.41, 5.74) is 1.05. The van der Waals surface area contributed by atoms with E-state index in [4.69, 9.17) is 0 Å². The van der Waals surface area contributed by atoms with E-state index in [1.807, 2.05) is 20.2 Å². The Morgan fingerprint density at radius 1 is 1.32 bits per heavy atom. The van der Waals surface area contributed by atoms with Gasteiger partial charge in [0.15, 0.2) is 0 Å². The normalized spacial score (nSPS) is 23.1. The number of anilines is 2. The van der Waals surface area contributed by atoms with Gasteiger partial charge in [-0.3, -0.25) is 0 Å². The number of hydrogen-bond donors (Lipinski definition) is 3. The van der Waals surface area contributed by atoms with Gasteiger partial charge in [-0.25, -0.2) is 4.98 Å². The fraction of sp³-hybridized carbons (Fsp3) is 0.714. The van der Waals surface area contributed by atoms with Crippen LogP contribution in [0, 0.1) is 18.8 Å². The molecule has 1 saturated carbocycles. The van der Waals surface area contributed by atoms with Crippen molar-refractivity contribution in [1.29, 1.82) is 0 Å². The number of nitrogens with one attached hydrogen (secondary N) is 2. The molecule has 0 saturated heterocycles. The van der Waals surface area contributed by atoms with Crippen molar-refractivity contribution in [1.82, 2.24) is 9.97 Å². The van der Waals surface area contributed by atoms with Gasteiger partial charge in [0.05, 0.1) is 0 Å². The van der Waals surface area contributed by atoms with E-state index in [0.717, 1.165) is 24.3 Å². The van der Waals surface area contributed by atoms with Gasteiger partial charge in [-0.05, 0) is 31.6 Å². The number of aliphatic hydroxyl groups is 1. The molecule has 3 N–H and O–H groups in total. The molecule has 2 rings (SSSR count). The van der Waals surface area contributed by atoms with Crippen LogP contribution in [0.5, 0.6) is 0 Å². The number of rotatable bonds is 5. The van der Waals surface area contributed by atoms with Crippen LogP contribution in [0.3, 0.4) is 0 Å². The van der Waals surface area contributed by atoms with Gasteiger partial charge in [-0.1, -0.05) is 12.8 Å². The number of aryl methyl sites for hydroxylation is 1. The largest absolute Gasteiger partial charge is 0.396 e. The first kappa shape index (κ1) is 14.1. The third-order valence-electron chi connectivity index (χ3n) is 4.03. The Balaban J connectivity index is 1.97. The van der Waals surface area contributed by atoms with E-state index in [0.29, 0.717) is 24.4 Å². The van der Waals surface area contributed by atoms with Crippen LogP contribution in [-0.4, -0.2) is 35.3 Å². The van der Waals surface area contributed by atoms with Gasteiger partial charge in [-0.15, -0.1) is 0 Å². The van der Waals surface area contributed by atoms with Crippen molar-refractivity contribution >= 4 is 11.8 Å². The molecule has 19 heavy (non-hydrogen) atoms. The van der Waals surface area contributed by atoms with Crippen molar-refractivity contribution in [3.05, 3.63) is 11.8 Å². The minimum Gasteiger partial charge on any atom is -0.396 e. The van der Waals surface area contributed by atoms with Crippen LogP contribution in [-0.2, 0) is 0 Å². The second-order valence-corrected chi connectivity index (χ2v) is 5.34. The van der Waals surface area contributed by atoms with Gasteiger partial charge in [-0.2, -0.15) is 4.98 Å². The smallest absolute Gasteiger partial charge is 0.224 e. The lowest BCUT2D eigenvalue weighted by Crippen LogP contribution is -2.29. The molecule has 5 heteroatoms. The molecule has 0 aromatic carbocycles. The minimum absolute atomic E-state index is 0.302. The summed E-state index contributed by atoms with van der Waals surface area (Å²) < 4.78 is 0. The van der Waals surface area contributed by atoms with Crippen molar-refractivity contribution in [3.63, 3.8) is 0 Å². The Morgan fingerprint density at radius 3 is 2.74 bits per heavy atom. The summed E-state index contributed by atoms with van der Waals surface area (Å²) in [6.07, 6.45) is 6.69. The zero-order valence-electron chi connectivity index (χ0n) is 11.8. The molecule has 1 fully saturated rings. The van der Waals surface area contributed by atoms with E-state index >= 15 is 0 Å². The molecule has 0 aliphatic heterocycles. The molecular formula is C14H24N4O. The van der Waals surface area contributed by atoms with Crippen molar-refractivity contribution in [2.75, 3.05) is 30.8 Å². The highest BCUT2D eigenvalue weighted by molar-refractivity contribution is 5.46. The second kappa shape index (κ2) is 6.70. The molecular weight excluding hydrogens is 240 g/mol. The van der Waals surface area contributed by atoms with Gasteiger partial charge < -0.3 is 15.7 Å². The number of aliphatic hydroxyl groups excluding tert-OH is 1. The topological polar surface area (TPSA) is 70.1 Å². The summed E-state index contributed by atoms with van der Waals surface area (Å²) in [6.45, 7) is 3.19. The van der Waals surface area contributed by atoms with Crippen LogP contribution < -0.4 is 10.6 Å². The van der Waals surface area contributed by atoms with Gasteiger partial charge in [0, 0.05) is 32.0 Å². The standard InChI is InChI=1S/C14H24N4O/c1-10-7-17-14(15-2)18-13(10)16-8-11-5-3-4-6-12(11)9-19/h7,11-12,19H,3-6,8-9H2,1-2H3,(H2,15,16,17,18). The van der Waals surface area contributed by atoms with Gasteiger partial charge in [0.2, 0.25) is 5.95 Å². The number of hydrogen-bond acceptors (Lipinski definition) is 5. The molecule has 1 aromatic heterocycles. The summed E-state index contributed by atoms with van der Waals surface area (Å²) in [6, 6.07) is 0. The van der Waals surface area contributed by atoms with Crippen molar-refractivity contribution in [2.45, 2.75) is 32.6 Å². The van der Waals surface area contributed by atoms with E-state index in [1.54, 1.807) is 0 Å². The Kier molecular flexibility index (Phi) is 4.96. The van der Waals surface area contributed by atoms with Crippen molar-refractivity contribution in [2.24, 2.45) is 11.8 Å². The molecule has 0 radical (unpaired) electrons. The highest BCUT2D eigenvalue weighted by Gasteiger charge is 2.24. The zero-order valence-corrected chi connectivity index (χ0v) is 11.8. The van der Waals surface area contributed by atoms with E-state index in [2.05, 4.69) is 20.6 Å². The Labute approximate surface area is 114 Å². The summed E-state index contributed by atoms with van der Waals surface area (Å²) in [5, 5.41) is 15.8. The molecule has 106 valence electrons. The third-order valence-corrected chi connectivity index (χ3v) is 4.03. The molecule has 0 amide bonds. The lowest BCUT2D eigenvalue weighted by Gasteiger charge is -2.30. The van der Waals surface area contributed by atoms with Crippen LogP contribution in [0.2, 0.25) is 0 Å². The van der Waals surface area contributed by atoms with Gasteiger partial charge >= 0.3 is 0 Å². The fourth-order valence-electron chi connectivity index (χ4n) is 2.76. The highest BCUT2D eigenvalue weighted by Crippen LogP contribution is 2.30. The fourth-order valence-corrected chi connectivity index (χ4v) is 2.76. The molecule has 1 aliphatic rings. The average molecular weight is 264 g/mol. The maximum absolute atomic E-state index is 9.43. The van der Waals surface area contributed by atoms with Crippen molar-refractivity contribution in [3.8, 4) is 0 Å². The van der Waals surface area contributed by atoms with Crippen LogP contribution in [0.25, 0.3) is 0 Å². The first-order valence-electron chi connectivity index (χ1n) is 7.10. The van der Waals surface area contributed by atoms with E-state index in [9.17, 15) is 5.11 Å². The average Bonchev–Trinajstić information content (AvgIpc) is 2.46. The maximum atomic E-state index is 9.43. The SMILES string of the molecule is CNc1ncc(C)c(NCC2CCCCC2CO)n1. The summed E-state index contributed by atoms with van der Waals surface area (Å²) in [7, 11) is 1.82. The van der Waals surface area contributed by atoms with Crippen LogP contribution in [0.1, 0.15) is 31.2 Å². The van der Waals surface area contributed by atoms with E-state index in [-0.39, 0.29) is 0 Å². The molecule has 5 nitrogen and oxygen atoms in total. The summed E-state index contributed by atoms with van der Waals surface area (Å²) >= 11 is 0. The second-order valence-electron chi connectivity index (χ2n) is 5.34. The first-order chi connectivity index (χ1) is 9.24. The maximum Gasteiger partial charge on any atom is 0.224 e. The van der Waals surface area contributed by atoms with Crippen LogP contribution in [0.15, 0.2) is 6.20 Å². The Hall–Kier alpha value is -1.36. The Bertz CT molecular complexity index is 410. The minimum atomic E-state index is 0.302. The lowest BCUT2D eigenvalue weighted by molar-refractivity contribution is 0.141. The quantitative estimate of drug-likeness (QED) is 0.759. The molecule has 2 unspecified atom stereocenters. The van der Waals surface area contributed by atoms with E-state index in [1.165, 1.54) is 19.3 Å². The molecule has 1 aromatic rings. The summed E-state index contributed by atoms with van der Waals surface area (Å²) in [5.74, 6) is 2.51. The molecule has 0 spiro atoms. The zero-order chi connectivity index (χ0) is 13.7. The predicted molar refractivity (Wildman–Crippen MR) is 77.3 cm³/mol. The predicted octanol–water partition coefficient (Wildman–Crippen LogP) is 2.04. The van der Waals surface area contributed by atoms with E-state index < -0.39 is 0 Å². The van der Waals surface area contributed by atoms with Crippen LogP contribution >= 0.6 is 0 Å². The van der Waals surface area contributed by atoms with Gasteiger partial charge in [0.1, 0.15) is 5.82 Å². The number of aromatic nitrogens is 2. The molecule has 2 atom stereocenters. The Morgan fingerprint density at radius 2 is 2.05 bits per heavy atom. The molecule has 1 heterocycles. The lowest BCUT2D eigenvalue weighted by atomic mass is 9.79.